The molecule has 5 rings (SSSR count). The summed E-state index contributed by atoms with van der Waals surface area (Å²) in [5.74, 6) is 0.188. The van der Waals surface area contributed by atoms with Crippen LogP contribution >= 0.6 is 0 Å². The number of ether oxygens (including phenoxy) is 1. The van der Waals surface area contributed by atoms with Gasteiger partial charge >= 0.3 is 6.03 Å². The van der Waals surface area contributed by atoms with Crippen LogP contribution in [0, 0.1) is 0 Å². The van der Waals surface area contributed by atoms with Gasteiger partial charge in [-0.25, -0.2) is 4.79 Å². The molecule has 0 aliphatic carbocycles. The van der Waals surface area contributed by atoms with E-state index in [0.29, 0.717) is 52.0 Å². The number of imide groups is 1. The third-order valence-electron chi connectivity index (χ3n) is 7.58. The van der Waals surface area contributed by atoms with Crippen molar-refractivity contribution in [3.63, 3.8) is 0 Å². The Morgan fingerprint density at radius 2 is 1.64 bits per heavy atom. The summed E-state index contributed by atoms with van der Waals surface area (Å²) in [6.07, 6.45) is 1.83. The van der Waals surface area contributed by atoms with Crippen LogP contribution < -0.4 is 0 Å². The Bertz CT molecular complexity index is 1250. The van der Waals surface area contributed by atoms with Crippen LogP contribution in [-0.2, 0) is 22.6 Å². The van der Waals surface area contributed by atoms with Gasteiger partial charge in [-0.15, -0.1) is 0 Å². The largest absolute Gasteiger partial charge is 0.508 e. The van der Waals surface area contributed by atoms with Crippen molar-refractivity contribution in [3.8, 4) is 5.75 Å². The number of aromatic hydroxyl groups is 1. The monoisotopic (exact) mass is 487 g/mol. The molecule has 7 nitrogen and oxygen atoms in total. The second-order valence-corrected chi connectivity index (χ2v) is 9.79. The summed E-state index contributed by atoms with van der Waals surface area (Å²) >= 11 is 0. The number of likely N-dealkylation sites (tertiary alicyclic amines) is 1. The normalized spacial score (nSPS) is 18.0. The first-order valence-electron chi connectivity index (χ1n) is 12.6. The van der Waals surface area contributed by atoms with Gasteiger partial charge in [-0.05, 0) is 47.7 Å². The minimum Gasteiger partial charge on any atom is -0.508 e. The van der Waals surface area contributed by atoms with Gasteiger partial charge in [0.25, 0.3) is 5.91 Å². The van der Waals surface area contributed by atoms with Crippen molar-refractivity contribution >= 4 is 22.7 Å². The molecule has 2 saturated heterocycles. The molecule has 3 aromatic carbocycles. The Morgan fingerprint density at radius 1 is 0.917 bits per heavy atom. The Hall–Kier alpha value is -3.42. The zero-order chi connectivity index (χ0) is 25.1. The molecule has 0 aromatic heterocycles. The SMILES string of the molecule is COCCCN1C(=O)N(Cc2ccc3ccccc3c2)C(=O)C12CCN(Cc1ccccc1O)CC2. The molecular weight excluding hydrogens is 454 g/mol. The number of amides is 3. The lowest BCUT2D eigenvalue weighted by Gasteiger charge is -2.42. The van der Waals surface area contributed by atoms with Crippen LogP contribution in [-0.4, -0.2) is 70.6 Å². The molecule has 36 heavy (non-hydrogen) atoms. The van der Waals surface area contributed by atoms with Crippen molar-refractivity contribution in [2.75, 3.05) is 33.4 Å². The molecule has 1 spiro atoms. The number of nitrogens with zero attached hydrogens (tertiary/aromatic N) is 3. The van der Waals surface area contributed by atoms with Crippen molar-refractivity contribution in [1.82, 2.24) is 14.7 Å². The van der Waals surface area contributed by atoms with E-state index in [0.717, 1.165) is 21.9 Å². The first-order valence-corrected chi connectivity index (χ1v) is 12.6. The van der Waals surface area contributed by atoms with Gasteiger partial charge in [0, 0.05) is 45.5 Å². The van der Waals surface area contributed by atoms with E-state index >= 15 is 0 Å². The molecule has 0 unspecified atom stereocenters. The predicted octanol–water partition coefficient (Wildman–Crippen LogP) is 4.38. The summed E-state index contributed by atoms with van der Waals surface area (Å²) in [6, 6.07) is 21.3. The molecule has 0 radical (unpaired) electrons. The molecule has 1 N–H and O–H groups in total. The maximum Gasteiger partial charge on any atom is 0.327 e. The fourth-order valence-electron chi connectivity index (χ4n) is 5.57. The van der Waals surface area contributed by atoms with E-state index in [2.05, 4.69) is 17.0 Å². The number of phenols is 1. The Labute approximate surface area is 211 Å². The molecule has 0 saturated carbocycles. The molecule has 3 aromatic rings. The fourth-order valence-corrected chi connectivity index (χ4v) is 5.57. The van der Waals surface area contributed by atoms with E-state index < -0.39 is 5.54 Å². The Morgan fingerprint density at radius 3 is 2.39 bits per heavy atom. The number of fused-ring (bicyclic) bond motifs is 1. The van der Waals surface area contributed by atoms with Gasteiger partial charge in [-0.2, -0.15) is 0 Å². The van der Waals surface area contributed by atoms with E-state index in [1.807, 2.05) is 48.5 Å². The number of urea groups is 1. The molecule has 7 heteroatoms. The zero-order valence-corrected chi connectivity index (χ0v) is 20.7. The molecule has 188 valence electrons. The summed E-state index contributed by atoms with van der Waals surface area (Å²) in [4.78, 5) is 33.0. The van der Waals surface area contributed by atoms with Crippen molar-refractivity contribution in [3.05, 3.63) is 77.9 Å². The second-order valence-electron chi connectivity index (χ2n) is 9.79. The minimum atomic E-state index is -0.823. The number of carbonyl (C=O) groups excluding carboxylic acids is 2. The standard InChI is InChI=1S/C29H33N3O4/c1-36-18-6-15-32-28(35)31(20-22-11-12-23-7-2-3-8-24(23)19-22)27(34)29(32)13-16-30(17-14-29)21-25-9-4-5-10-26(25)33/h2-5,7-12,19,33H,6,13-18,20-21H2,1H3. The number of piperidine rings is 1. The first kappa shape index (κ1) is 24.3. The molecular formula is C29H33N3O4. The number of hydrogen-bond donors (Lipinski definition) is 1. The van der Waals surface area contributed by atoms with Gasteiger partial charge in [0.15, 0.2) is 0 Å². The fraction of sp³-hybridized carbons (Fsp3) is 0.379. The van der Waals surface area contributed by atoms with Crippen LogP contribution in [0.25, 0.3) is 10.8 Å². The maximum atomic E-state index is 13.9. The third kappa shape index (κ3) is 4.56. The van der Waals surface area contributed by atoms with Crippen LogP contribution in [0.2, 0.25) is 0 Å². The zero-order valence-electron chi connectivity index (χ0n) is 20.7. The van der Waals surface area contributed by atoms with Gasteiger partial charge in [0.2, 0.25) is 0 Å². The van der Waals surface area contributed by atoms with Gasteiger partial charge in [0.1, 0.15) is 11.3 Å². The molecule has 0 bridgehead atoms. The number of rotatable bonds is 8. The number of benzene rings is 3. The minimum absolute atomic E-state index is 0.0970. The molecule has 0 atom stereocenters. The summed E-state index contributed by atoms with van der Waals surface area (Å²) in [5.41, 5.74) is 0.995. The topological polar surface area (TPSA) is 73.3 Å². The number of methoxy groups -OCH3 is 1. The lowest BCUT2D eigenvalue weighted by molar-refractivity contribution is -0.136. The average Bonchev–Trinajstić information content (AvgIpc) is 3.08. The van der Waals surface area contributed by atoms with Gasteiger partial charge in [-0.1, -0.05) is 54.6 Å². The highest BCUT2D eigenvalue weighted by molar-refractivity contribution is 6.07. The van der Waals surface area contributed by atoms with Crippen molar-refractivity contribution < 1.29 is 19.4 Å². The van der Waals surface area contributed by atoms with E-state index in [4.69, 9.17) is 4.74 Å². The maximum absolute atomic E-state index is 13.9. The molecule has 2 heterocycles. The van der Waals surface area contributed by atoms with E-state index in [1.54, 1.807) is 18.1 Å². The van der Waals surface area contributed by atoms with Crippen LogP contribution in [0.3, 0.4) is 0 Å². The van der Waals surface area contributed by atoms with E-state index in [-0.39, 0.29) is 24.2 Å². The van der Waals surface area contributed by atoms with Gasteiger partial charge in [-0.3, -0.25) is 14.6 Å². The van der Waals surface area contributed by atoms with Crippen LogP contribution in [0.15, 0.2) is 66.7 Å². The third-order valence-corrected chi connectivity index (χ3v) is 7.58. The van der Waals surface area contributed by atoms with Crippen LogP contribution in [0.5, 0.6) is 5.75 Å². The molecule has 2 aliphatic rings. The predicted molar refractivity (Wildman–Crippen MR) is 138 cm³/mol. The first-order chi connectivity index (χ1) is 17.5. The average molecular weight is 488 g/mol. The second kappa shape index (κ2) is 10.3. The highest BCUT2D eigenvalue weighted by Crippen LogP contribution is 2.39. The smallest absolute Gasteiger partial charge is 0.327 e. The molecule has 2 aliphatic heterocycles. The van der Waals surface area contributed by atoms with Crippen molar-refractivity contribution in [2.24, 2.45) is 0 Å². The highest BCUT2D eigenvalue weighted by Gasteiger charge is 2.57. The summed E-state index contributed by atoms with van der Waals surface area (Å²) < 4.78 is 5.23. The summed E-state index contributed by atoms with van der Waals surface area (Å²) in [5, 5.41) is 12.4. The van der Waals surface area contributed by atoms with Gasteiger partial charge < -0.3 is 14.7 Å². The Balaban J connectivity index is 1.35. The quantitative estimate of drug-likeness (QED) is 0.377. The van der Waals surface area contributed by atoms with Crippen molar-refractivity contribution in [1.29, 1.82) is 0 Å². The summed E-state index contributed by atoms with van der Waals surface area (Å²) in [7, 11) is 1.65. The number of carbonyl (C=O) groups is 2. The lowest BCUT2D eigenvalue weighted by atomic mass is 9.85. The number of para-hydroxylation sites is 1. The lowest BCUT2D eigenvalue weighted by Crippen LogP contribution is -2.56. The van der Waals surface area contributed by atoms with Crippen LogP contribution in [0.4, 0.5) is 4.79 Å². The number of phenolic OH excluding ortho intramolecular Hbond substituents is 1. The number of hydrogen-bond acceptors (Lipinski definition) is 5. The molecule has 2 fully saturated rings. The van der Waals surface area contributed by atoms with Gasteiger partial charge in [0.05, 0.1) is 6.54 Å². The van der Waals surface area contributed by atoms with Crippen molar-refractivity contribution in [2.45, 2.75) is 37.9 Å². The van der Waals surface area contributed by atoms with E-state index in [9.17, 15) is 14.7 Å². The van der Waals surface area contributed by atoms with E-state index in [1.165, 1.54) is 4.90 Å². The van der Waals surface area contributed by atoms with Crippen LogP contribution in [0.1, 0.15) is 30.4 Å². The highest BCUT2D eigenvalue weighted by atomic mass is 16.5. The Kier molecular flexibility index (Phi) is 6.94. The summed E-state index contributed by atoms with van der Waals surface area (Å²) in [6.45, 7) is 3.28. The molecule has 3 amide bonds.